The highest BCUT2D eigenvalue weighted by Gasteiger charge is 2.15. The smallest absolute Gasteiger partial charge is 0.260 e. The lowest BCUT2D eigenvalue weighted by molar-refractivity contribution is 0.365. The van der Waals surface area contributed by atoms with Crippen LogP contribution in [0.25, 0.3) is 11.5 Å². The van der Waals surface area contributed by atoms with Crippen LogP contribution in [0.5, 0.6) is 0 Å². The van der Waals surface area contributed by atoms with Crippen LogP contribution in [0.3, 0.4) is 0 Å². The second kappa shape index (κ2) is 5.14. The molecule has 0 unspecified atom stereocenters. The molecule has 5 nitrogen and oxygen atoms in total. The molecule has 2 aromatic rings. The van der Waals surface area contributed by atoms with E-state index in [-0.39, 0.29) is 0 Å². The van der Waals surface area contributed by atoms with E-state index in [9.17, 15) is 0 Å². The predicted molar refractivity (Wildman–Crippen MR) is 71.6 cm³/mol. The van der Waals surface area contributed by atoms with Crippen molar-refractivity contribution in [1.82, 2.24) is 15.0 Å². The zero-order chi connectivity index (χ0) is 13.3. The van der Waals surface area contributed by atoms with Crippen molar-refractivity contribution >= 4 is 28.9 Å². The average Bonchev–Trinajstić information content (AvgIpc) is 2.70. The first-order valence-corrected chi connectivity index (χ1v) is 5.95. The first kappa shape index (κ1) is 13.1. The second-order valence-electron chi connectivity index (χ2n) is 4.10. The lowest BCUT2D eigenvalue weighted by Gasteiger charge is -2.04. The van der Waals surface area contributed by atoms with Gasteiger partial charge in [0.1, 0.15) is 0 Å². The van der Waals surface area contributed by atoms with Crippen molar-refractivity contribution in [3.05, 3.63) is 28.0 Å². The highest BCUT2D eigenvalue weighted by atomic mass is 35.5. The van der Waals surface area contributed by atoms with E-state index in [4.69, 9.17) is 33.5 Å². The summed E-state index contributed by atoms with van der Waals surface area (Å²) in [5.41, 5.74) is 6.79. The molecule has 1 aromatic heterocycles. The van der Waals surface area contributed by atoms with Crippen LogP contribution in [0.15, 0.2) is 16.7 Å². The quantitative estimate of drug-likeness (QED) is 0.879. The van der Waals surface area contributed by atoms with Gasteiger partial charge in [0.25, 0.3) is 5.89 Å². The van der Waals surface area contributed by atoms with E-state index in [1.807, 2.05) is 19.0 Å². The van der Waals surface area contributed by atoms with Gasteiger partial charge in [0.2, 0.25) is 0 Å². The third-order valence-corrected chi connectivity index (χ3v) is 2.78. The molecular weight excluding hydrogens is 275 g/mol. The van der Waals surface area contributed by atoms with Crippen LogP contribution in [0.2, 0.25) is 10.0 Å². The van der Waals surface area contributed by atoms with Crippen LogP contribution in [-0.4, -0.2) is 29.1 Å². The number of nitrogen functional groups attached to an aromatic ring is 1. The maximum Gasteiger partial charge on any atom is 0.260 e. The van der Waals surface area contributed by atoms with Crippen LogP contribution in [-0.2, 0) is 6.54 Å². The summed E-state index contributed by atoms with van der Waals surface area (Å²) in [6.07, 6.45) is 0. The summed E-state index contributed by atoms with van der Waals surface area (Å²) in [4.78, 5) is 6.18. The molecule has 96 valence electrons. The van der Waals surface area contributed by atoms with Gasteiger partial charge >= 0.3 is 0 Å². The van der Waals surface area contributed by atoms with Gasteiger partial charge in [0.15, 0.2) is 5.82 Å². The monoisotopic (exact) mass is 286 g/mol. The summed E-state index contributed by atoms with van der Waals surface area (Å²) in [6.45, 7) is 0.581. The molecule has 0 aliphatic carbocycles. The normalized spacial score (nSPS) is 11.2. The summed E-state index contributed by atoms with van der Waals surface area (Å²) in [7, 11) is 3.83. The van der Waals surface area contributed by atoms with E-state index >= 15 is 0 Å². The number of rotatable bonds is 3. The van der Waals surface area contributed by atoms with Crippen LogP contribution in [0.4, 0.5) is 5.69 Å². The van der Waals surface area contributed by atoms with Crippen LogP contribution in [0.1, 0.15) is 5.82 Å². The van der Waals surface area contributed by atoms with E-state index in [1.54, 1.807) is 12.1 Å². The number of benzene rings is 1. The third kappa shape index (κ3) is 2.75. The van der Waals surface area contributed by atoms with Crippen molar-refractivity contribution in [3.63, 3.8) is 0 Å². The Balaban J connectivity index is 2.40. The molecular formula is C11H12Cl2N4O. The maximum atomic E-state index is 5.95. The molecule has 0 bridgehead atoms. The summed E-state index contributed by atoms with van der Waals surface area (Å²) >= 11 is 11.9. The van der Waals surface area contributed by atoms with Crippen molar-refractivity contribution in [3.8, 4) is 11.5 Å². The number of anilines is 1. The Morgan fingerprint density at radius 2 is 2.06 bits per heavy atom. The Hall–Kier alpha value is -1.30. The Morgan fingerprint density at radius 1 is 1.33 bits per heavy atom. The molecule has 7 heteroatoms. The number of aromatic nitrogens is 2. The fourth-order valence-corrected chi connectivity index (χ4v) is 1.97. The Morgan fingerprint density at radius 3 is 2.72 bits per heavy atom. The molecule has 0 fully saturated rings. The molecule has 18 heavy (non-hydrogen) atoms. The van der Waals surface area contributed by atoms with Crippen LogP contribution < -0.4 is 5.73 Å². The van der Waals surface area contributed by atoms with E-state index < -0.39 is 0 Å². The predicted octanol–water partition coefficient (Wildman–Crippen LogP) is 2.69. The standard InChI is InChI=1S/C11H12Cl2N4O/c1-17(2)5-9-15-11(18-16-9)7-3-6(12)4-8(13)10(7)14/h3-4H,5,14H2,1-2H3. The fourth-order valence-electron chi connectivity index (χ4n) is 1.47. The Kier molecular flexibility index (Phi) is 3.75. The Labute approximate surface area is 114 Å². The van der Waals surface area contributed by atoms with Gasteiger partial charge < -0.3 is 15.2 Å². The summed E-state index contributed by atoms with van der Waals surface area (Å²) in [5.74, 6) is 0.888. The van der Waals surface area contributed by atoms with Gasteiger partial charge in [0.05, 0.1) is 22.8 Å². The molecule has 0 aliphatic heterocycles. The number of nitrogens with two attached hydrogens (primary N) is 1. The van der Waals surface area contributed by atoms with Gasteiger partial charge in [-0.25, -0.2) is 0 Å². The molecule has 0 saturated heterocycles. The van der Waals surface area contributed by atoms with Gasteiger partial charge in [-0.2, -0.15) is 4.98 Å². The molecule has 0 atom stereocenters. The number of hydrogen-bond acceptors (Lipinski definition) is 5. The van der Waals surface area contributed by atoms with Crippen LogP contribution in [0, 0.1) is 0 Å². The fraction of sp³-hybridized carbons (Fsp3) is 0.273. The van der Waals surface area contributed by atoms with Gasteiger partial charge in [0, 0.05) is 5.02 Å². The minimum Gasteiger partial charge on any atom is -0.397 e. The van der Waals surface area contributed by atoms with Gasteiger partial charge in [-0.05, 0) is 26.2 Å². The van der Waals surface area contributed by atoms with Crippen molar-refractivity contribution < 1.29 is 4.52 Å². The Bertz CT molecular complexity index is 568. The van der Waals surface area contributed by atoms with E-state index in [2.05, 4.69) is 10.1 Å². The lowest BCUT2D eigenvalue weighted by Crippen LogP contribution is -2.11. The number of hydrogen-bond donors (Lipinski definition) is 1. The molecule has 0 radical (unpaired) electrons. The SMILES string of the molecule is CN(C)Cc1noc(-c2cc(Cl)cc(Cl)c2N)n1. The minimum atomic E-state index is 0.314. The number of nitrogens with zero attached hydrogens (tertiary/aromatic N) is 3. The summed E-state index contributed by atoms with van der Waals surface area (Å²) in [6, 6.07) is 3.22. The topological polar surface area (TPSA) is 68.2 Å². The van der Waals surface area contributed by atoms with E-state index in [0.717, 1.165) is 0 Å². The van der Waals surface area contributed by atoms with E-state index in [1.165, 1.54) is 0 Å². The van der Waals surface area contributed by atoms with Crippen molar-refractivity contribution in [1.29, 1.82) is 0 Å². The van der Waals surface area contributed by atoms with E-state index in [0.29, 0.717) is 39.6 Å². The second-order valence-corrected chi connectivity index (χ2v) is 4.95. The van der Waals surface area contributed by atoms with Gasteiger partial charge in [-0.3, -0.25) is 0 Å². The highest BCUT2D eigenvalue weighted by Crippen LogP contribution is 2.33. The largest absolute Gasteiger partial charge is 0.397 e. The summed E-state index contributed by atoms with van der Waals surface area (Å²) in [5, 5.41) is 4.70. The molecule has 0 amide bonds. The molecule has 1 aromatic carbocycles. The first-order chi connectivity index (χ1) is 8.47. The van der Waals surface area contributed by atoms with Crippen molar-refractivity contribution in [2.24, 2.45) is 0 Å². The summed E-state index contributed by atoms with van der Waals surface area (Å²) < 4.78 is 5.16. The molecule has 2 N–H and O–H groups in total. The zero-order valence-electron chi connectivity index (χ0n) is 9.94. The molecule has 1 heterocycles. The van der Waals surface area contributed by atoms with Crippen molar-refractivity contribution in [2.75, 3.05) is 19.8 Å². The number of halogens is 2. The average molecular weight is 287 g/mol. The van der Waals surface area contributed by atoms with Crippen LogP contribution >= 0.6 is 23.2 Å². The molecule has 0 spiro atoms. The highest BCUT2D eigenvalue weighted by molar-refractivity contribution is 6.37. The van der Waals surface area contributed by atoms with Crippen molar-refractivity contribution in [2.45, 2.75) is 6.54 Å². The minimum absolute atomic E-state index is 0.314. The third-order valence-electron chi connectivity index (χ3n) is 2.25. The molecule has 0 aliphatic rings. The van der Waals surface area contributed by atoms with Gasteiger partial charge in [-0.1, -0.05) is 28.4 Å². The maximum absolute atomic E-state index is 5.95. The lowest BCUT2D eigenvalue weighted by atomic mass is 10.2. The zero-order valence-corrected chi connectivity index (χ0v) is 11.5. The molecule has 2 rings (SSSR count). The first-order valence-electron chi connectivity index (χ1n) is 5.19. The van der Waals surface area contributed by atoms with Gasteiger partial charge in [-0.15, -0.1) is 0 Å². The molecule has 0 saturated carbocycles.